The van der Waals surface area contributed by atoms with Crippen molar-refractivity contribution in [2.45, 2.75) is 29.0 Å². The van der Waals surface area contributed by atoms with Crippen molar-refractivity contribution in [1.29, 1.82) is 0 Å². The molecule has 3 rings (SSSR count). The van der Waals surface area contributed by atoms with Gasteiger partial charge in [0.2, 0.25) is 10.0 Å². The van der Waals surface area contributed by atoms with Gasteiger partial charge in [-0.3, -0.25) is 4.79 Å². The number of rotatable bonds is 6. The van der Waals surface area contributed by atoms with Gasteiger partial charge in [-0.05, 0) is 26.0 Å². The highest BCUT2D eigenvalue weighted by Crippen LogP contribution is 2.26. The number of benzene rings is 1. The van der Waals surface area contributed by atoms with E-state index in [0.29, 0.717) is 36.9 Å². The molecule has 1 aliphatic rings. The Bertz CT molecular complexity index is 890. The molecule has 1 fully saturated rings. The van der Waals surface area contributed by atoms with Crippen molar-refractivity contribution in [2.75, 3.05) is 26.3 Å². The van der Waals surface area contributed by atoms with Crippen LogP contribution in [0.4, 0.5) is 0 Å². The van der Waals surface area contributed by atoms with Crippen molar-refractivity contribution in [3.63, 3.8) is 0 Å². The van der Waals surface area contributed by atoms with Gasteiger partial charge in [0.1, 0.15) is 4.90 Å². The number of ether oxygens (including phenoxy) is 1. The molecule has 1 aromatic heterocycles. The normalized spacial score (nSPS) is 16.8. The molecular weight excluding hydrogens is 384 g/mol. The van der Waals surface area contributed by atoms with Crippen LogP contribution in [0.5, 0.6) is 0 Å². The zero-order valence-electron chi connectivity index (χ0n) is 15.3. The van der Waals surface area contributed by atoms with Crippen molar-refractivity contribution >= 4 is 27.6 Å². The third kappa shape index (κ3) is 4.76. The lowest BCUT2D eigenvalue weighted by atomic mass is 10.1. The van der Waals surface area contributed by atoms with Crippen LogP contribution in [0.15, 0.2) is 52.5 Å². The van der Waals surface area contributed by atoms with Crippen LogP contribution in [0.3, 0.4) is 0 Å². The Balaban J connectivity index is 1.68. The van der Waals surface area contributed by atoms with Crippen LogP contribution in [-0.2, 0) is 14.8 Å². The lowest BCUT2D eigenvalue weighted by molar-refractivity contribution is 0.0730. The molecule has 2 heterocycles. The molecule has 0 saturated carbocycles. The Morgan fingerprint density at radius 1 is 1.15 bits per heavy atom. The predicted octanol–water partition coefficient (Wildman–Crippen LogP) is 2.77. The summed E-state index contributed by atoms with van der Waals surface area (Å²) in [6.45, 7) is 5.30. The molecule has 1 atom stereocenters. The molecule has 27 heavy (non-hydrogen) atoms. The fourth-order valence-corrected chi connectivity index (χ4v) is 4.93. The average molecular weight is 407 g/mol. The summed E-state index contributed by atoms with van der Waals surface area (Å²) in [5.74, 6) is 0.0202. The fourth-order valence-electron chi connectivity index (χ4n) is 2.71. The van der Waals surface area contributed by atoms with Crippen LogP contribution in [0, 0.1) is 6.92 Å². The summed E-state index contributed by atoms with van der Waals surface area (Å²) in [6.07, 6.45) is 1.36. The first-order valence-corrected chi connectivity index (χ1v) is 11.0. The molecule has 1 aromatic carbocycles. The Morgan fingerprint density at radius 3 is 2.41 bits per heavy atom. The Kier molecular flexibility index (Phi) is 6.31. The lowest BCUT2D eigenvalue weighted by Crippen LogP contribution is -2.40. The van der Waals surface area contributed by atoms with Crippen LogP contribution in [0.1, 0.15) is 22.8 Å². The molecule has 0 spiro atoms. The molecule has 0 aliphatic carbocycles. The van der Waals surface area contributed by atoms with Crippen molar-refractivity contribution in [3.05, 3.63) is 53.7 Å². The molecule has 0 amide bonds. The van der Waals surface area contributed by atoms with E-state index in [2.05, 4.69) is 4.98 Å². The van der Waals surface area contributed by atoms with Crippen molar-refractivity contribution < 1.29 is 17.9 Å². The third-order valence-corrected chi connectivity index (χ3v) is 7.25. The molecule has 0 bridgehead atoms. The second kappa shape index (κ2) is 8.52. The van der Waals surface area contributed by atoms with E-state index in [4.69, 9.17) is 4.74 Å². The molecule has 1 aliphatic heterocycles. The highest BCUT2D eigenvalue weighted by atomic mass is 32.2. The minimum Gasteiger partial charge on any atom is -0.379 e. The fraction of sp³-hybridized carbons (Fsp3) is 0.368. The van der Waals surface area contributed by atoms with E-state index in [1.807, 2.05) is 38.1 Å². The van der Waals surface area contributed by atoms with Gasteiger partial charge in [-0.1, -0.05) is 41.6 Å². The van der Waals surface area contributed by atoms with Gasteiger partial charge in [-0.25, -0.2) is 13.4 Å². The summed E-state index contributed by atoms with van der Waals surface area (Å²) >= 11 is 1.32. The number of pyridine rings is 1. The van der Waals surface area contributed by atoms with Crippen LogP contribution >= 0.6 is 11.8 Å². The van der Waals surface area contributed by atoms with Crippen LogP contribution in [0.25, 0.3) is 0 Å². The summed E-state index contributed by atoms with van der Waals surface area (Å²) in [6, 6.07) is 10.7. The molecule has 2 aromatic rings. The molecule has 8 heteroatoms. The number of thioether (sulfide) groups is 1. The van der Waals surface area contributed by atoms with E-state index in [1.54, 1.807) is 12.1 Å². The minimum atomic E-state index is -3.56. The first kappa shape index (κ1) is 20.0. The van der Waals surface area contributed by atoms with E-state index >= 15 is 0 Å². The summed E-state index contributed by atoms with van der Waals surface area (Å²) in [4.78, 5) is 16.9. The van der Waals surface area contributed by atoms with Gasteiger partial charge in [0.25, 0.3) is 0 Å². The highest BCUT2D eigenvalue weighted by Gasteiger charge is 2.26. The first-order valence-electron chi connectivity index (χ1n) is 8.69. The third-order valence-electron chi connectivity index (χ3n) is 4.32. The molecule has 6 nitrogen and oxygen atoms in total. The van der Waals surface area contributed by atoms with Crippen LogP contribution < -0.4 is 0 Å². The summed E-state index contributed by atoms with van der Waals surface area (Å²) in [5, 5.41) is 0.297. The number of aryl methyl sites for hydroxylation is 1. The van der Waals surface area contributed by atoms with E-state index < -0.39 is 10.0 Å². The van der Waals surface area contributed by atoms with E-state index in [0.717, 1.165) is 5.56 Å². The number of nitrogens with zero attached hydrogens (tertiary/aromatic N) is 2. The van der Waals surface area contributed by atoms with Gasteiger partial charge in [0, 0.05) is 24.8 Å². The van der Waals surface area contributed by atoms with Gasteiger partial charge in [-0.2, -0.15) is 4.31 Å². The topological polar surface area (TPSA) is 76.6 Å². The number of hydrogen-bond acceptors (Lipinski definition) is 6. The minimum absolute atomic E-state index is 0.0202. The number of carbonyl (C=O) groups excluding carboxylic acids is 1. The number of carbonyl (C=O) groups is 1. The zero-order chi connectivity index (χ0) is 19.4. The number of sulfonamides is 1. The average Bonchev–Trinajstić information content (AvgIpc) is 2.69. The van der Waals surface area contributed by atoms with E-state index in [-0.39, 0.29) is 15.9 Å². The van der Waals surface area contributed by atoms with Gasteiger partial charge >= 0.3 is 0 Å². The molecule has 144 valence electrons. The van der Waals surface area contributed by atoms with Crippen molar-refractivity contribution in [2.24, 2.45) is 0 Å². The Labute approximate surface area is 164 Å². The number of morpholine rings is 1. The molecule has 0 N–H and O–H groups in total. The number of ketones is 1. The standard InChI is InChI=1S/C19H22N2O4S2/c1-14-3-5-16(6-4-14)19(22)15(2)26-18-8-7-17(13-20-18)27(23,24)21-9-11-25-12-10-21/h3-8,13,15H,9-12H2,1-2H3/t15-/m1/s1. The summed E-state index contributed by atoms with van der Waals surface area (Å²) in [7, 11) is -3.56. The van der Waals surface area contributed by atoms with Gasteiger partial charge in [-0.15, -0.1) is 0 Å². The molecule has 0 radical (unpaired) electrons. The Hall–Kier alpha value is -1.74. The highest BCUT2D eigenvalue weighted by molar-refractivity contribution is 8.00. The maximum Gasteiger partial charge on any atom is 0.244 e. The van der Waals surface area contributed by atoms with Crippen molar-refractivity contribution in [1.82, 2.24) is 9.29 Å². The van der Waals surface area contributed by atoms with Gasteiger partial charge in [0.15, 0.2) is 5.78 Å². The number of aromatic nitrogens is 1. The number of Topliss-reactive ketones (excluding diaryl/α,β-unsaturated/α-hetero) is 1. The zero-order valence-corrected chi connectivity index (χ0v) is 16.9. The maximum atomic E-state index is 12.6. The summed E-state index contributed by atoms with van der Waals surface area (Å²) < 4.78 is 31.8. The SMILES string of the molecule is Cc1ccc(C(=O)[C@@H](C)Sc2ccc(S(=O)(=O)N3CCOCC3)cn2)cc1. The first-order chi connectivity index (χ1) is 12.9. The van der Waals surface area contributed by atoms with Crippen LogP contribution in [-0.4, -0.2) is 55.0 Å². The van der Waals surface area contributed by atoms with E-state index in [1.165, 1.54) is 22.3 Å². The van der Waals surface area contributed by atoms with Crippen LogP contribution in [0.2, 0.25) is 0 Å². The molecular formula is C19H22N2O4S2. The monoisotopic (exact) mass is 406 g/mol. The largest absolute Gasteiger partial charge is 0.379 e. The Morgan fingerprint density at radius 2 is 1.81 bits per heavy atom. The summed E-state index contributed by atoms with van der Waals surface area (Å²) in [5.41, 5.74) is 1.76. The van der Waals surface area contributed by atoms with Gasteiger partial charge < -0.3 is 4.74 Å². The predicted molar refractivity (Wildman–Crippen MR) is 105 cm³/mol. The smallest absolute Gasteiger partial charge is 0.244 e. The molecule has 1 saturated heterocycles. The maximum absolute atomic E-state index is 12.6. The number of hydrogen-bond donors (Lipinski definition) is 0. The van der Waals surface area contributed by atoms with Gasteiger partial charge in [0.05, 0.1) is 23.5 Å². The van der Waals surface area contributed by atoms with Crippen molar-refractivity contribution in [3.8, 4) is 0 Å². The lowest BCUT2D eigenvalue weighted by Gasteiger charge is -2.25. The quantitative estimate of drug-likeness (QED) is 0.542. The second-order valence-corrected chi connectivity index (χ2v) is 9.64. The second-order valence-electron chi connectivity index (χ2n) is 6.34. The molecule has 0 unspecified atom stereocenters. The van der Waals surface area contributed by atoms with E-state index in [9.17, 15) is 13.2 Å².